The molecule has 0 atom stereocenters. The second-order valence-corrected chi connectivity index (χ2v) is 8.67. The summed E-state index contributed by atoms with van der Waals surface area (Å²) in [5.41, 5.74) is 3.76. The van der Waals surface area contributed by atoms with E-state index in [0.29, 0.717) is 55.1 Å². The van der Waals surface area contributed by atoms with Gasteiger partial charge in [0.1, 0.15) is 5.69 Å². The number of aromatic nitrogens is 2. The van der Waals surface area contributed by atoms with Crippen molar-refractivity contribution in [2.24, 2.45) is 0 Å². The van der Waals surface area contributed by atoms with E-state index in [2.05, 4.69) is 20.2 Å². The number of carbonyl (C=O) groups excluding carboxylic acids is 1. The number of aromatic amines is 1. The predicted molar refractivity (Wildman–Crippen MR) is 122 cm³/mol. The summed E-state index contributed by atoms with van der Waals surface area (Å²) in [6.07, 6.45) is 1.57. The molecular weight excluding hydrogens is 428 g/mol. The lowest BCUT2D eigenvalue weighted by molar-refractivity contribution is 0.0957. The van der Waals surface area contributed by atoms with Gasteiger partial charge in [0, 0.05) is 56.3 Å². The van der Waals surface area contributed by atoms with E-state index in [0.717, 1.165) is 29.4 Å². The zero-order valence-electron chi connectivity index (χ0n) is 18.6. The van der Waals surface area contributed by atoms with E-state index in [1.807, 2.05) is 11.0 Å². The smallest absolute Gasteiger partial charge is 0.269 e. The van der Waals surface area contributed by atoms with Crippen molar-refractivity contribution in [3.05, 3.63) is 68.3 Å². The number of halogens is 2. The van der Waals surface area contributed by atoms with Crippen molar-refractivity contribution in [2.45, 2.75) is 26.3 Å². The molecule has 1 fully saturated rings. The fourth-order valence-corrected chi connectivity index (χ4v) is 4.96. The van der Waals surface area contributed by atoms with Gasteiger partial charge in [-0.05, 0) is 43.0 Å². The van der Waals surface area contributed by atoms with Crippen LogP contribution >= 0.6 is 0 Å². The standard InChI is InChI=1S/C24H25F2N5O2/c1-13-16-4-3-14-11-15(20(25)21(19(14)16)29-23(13)32)12-30-7-9-31(10-8-30)18-6-5-17(24(33)27-2)28-22(18)26/h5-6,11H,3-4,7-10,12H2,1-2H3,(H,27,33)(H,29,32). The molecule has 2 aliphatic rings. The van der Waals surface area contributed by atoms with Gasteiger partial charge in [0.15, 0.2) is 5.82 Å². The van der Waals surface area contributed by atoms with Crippen molar-refractivity contribution < 1.29 is 13.6 Å². The fourth-order valence-electron chi connectivity index (χ4n) is 4.96. The zero-order valence-corrected chi connectivity index (χ0v) is 18.6. The number of nitrogens with one attached hydrogen (secondary N) is 2. The highest BCUT2D eigenvalue weighted by atomic mass is 19.1. The minimum Gasteiger partial charge on any atom is -0.365 e. The number of amides is 1. The molecule has 0 bridgehead atoms. The van der Waals surface area contributed by atoms with Crippen molar-refractivity contribution in [3.63, 3.8) is 0 Å². The van der Waals surface area contributed by atoms with Crippen LogP contribution in [0.25, 0.3) is 10.9 Å². The number of rotatable bonds is 4. The highest BCUT2D eigenvalue weighted by Gasteiger charge is 2.26. The molecule has 1 saturated heterocycles. The van der Waals surface area contributed by atoms with E-state index in [4.69, 9.17) is 0 Å². The Labute approximate surface area is 189 Å². The van der Waals surface area contributed by atoms with Crippen LogP contribution in [-0.2, 0) is 19.4 Å². The van der Waals surface area contributed by atoms with Crippen LogP contribution in [0.1, 0.15) is 32.7 Å². The Morgan fingerprint density at radius 2 is 1.94 bits per heavy atom. The lowest BCUT2D eigenvalue weighted by atomic mass is 10.0. The highest BCUT2D eigenvalue weighted by Crippen LogP contribution is 2.34. The molecule has 1 aromatic carbocycles. The number of hydrogen-bond acceptors (Lipinski definition) is 5. The van der Waals surface area contributed by atoms with Gasteiger partial charge in [-0.3, -0.25) is 14.5 Å². The molecule has 5 rings (SSSR count). The van der Waals surface area contributed by atoms with Crippen molar-refractivity contribution in [3.8, 4) is 0 Å². The van der Waals surface area contributed by atoms with Crippen LogP contribution in [0.3, 0.4) is 0 Å². The summed E-state index contributed by atoms with van der Waals surface area (Å²) in [6.45, 7) is 4.57. The van der Waals surface area contributed by atoms with Gasteiger partial charge < -0.3 is 15.2 Å². The molecular formula is C24H25F2N5O2. The van der Waals surface area contributed by atoms with Gasteiger partial charge in [0.25, 0.3) is 11.5 Å². The van der Waals surface area contributed by atoms with E-state index in [9.17, 15) is 14.0 Å². The van der Waals surface area contributed by atoms with Crippen LogP contribution in [0.15, 0.2) is 23.0 Å². The molecule has 3 heterocycles. The topological polar surface area (TPSA) is 81.3 Å². The minimum atomic E-state index is -0.678. The second-order valence-electron chi connectivity index (χ2n) is 8.67. The Hall–Kier alpha value is -3.33. The third-order valence-electron chi connectivity index (χ3n) is 6.79. The number of pyridine rings is 2. The molecule has 9 heteroatoms. The van der Waals surface area contributed by atoms with E-state index in [1.54, 1.807) is 13.0 Å². The van der Waals surface area contributed by atoms with Crippen molar-refractivity contribution in [1.29, 1.82) is 0 Å². The summed E-state index contributed by atoms with van der Waals surface area (Å²) in [4.78, 5) is 34.4. The van der Waals surface area contributed by atoms with Crippen molar-refractivity contribution in [1.82, 2.24) is 20.2 Å². The molecule has 1 amide bonds. The molecule has 0 unspecified atom stereocenters. The van der Waals surface area contributed by atoms with Gasteiger partial charge in [0.05, 0.1) is 11.2 Å². The Morgan fingerprint density at radius 3 is 2.64 bits per heavy atom. The molecule has 1 aliphatic carbocycles. The third-order valence-corrected chi connectivity index (χ3v) is 6.79. The van der Waals surface area contributed by atoms with Gasteiger partial charge in [-0.2, -0.15) is 4.39 Å². The largest absolute Gasteiger partial charge is 0.365 e. The van der Waals surface area contributed by atoms with E-state index in [-0.39, 0.29) is 17.1 Å². The lowest BCUT2D eigenvalue weighted by Gasteiger charge is -2.36. The molecule has 33 heavy (non-hydrogen) atoms. The predicted octanol–water partition coefficient (Wildman–Crippen LogP) is 2.29. The number of H-pyrrole nitrogens is 1. The molecule has 1 aliphatic heterocycles. The molecule has 7 nitrogen and oxygen atoms in total. The fraction of sp³-hybridized carbons (Fsp3) is 0.375. The molecule has 2 aromatic heterocycles. The number of anilines is 1. The molecule has 2 N–H and O–H groups in total. The number of hydrogen-bond donors (Lipinski definition) is 2. The summed E-state index contributed by atoms with van der Waals surface area (Å²) in [7, 11) is 1.47. The Balaban J connectivity index is 1.33. The monoisotopic (exact) mass is 453 g/mol. The van der Waals surface area contributed by atoms with Crippen molar-refractivity contribution in [2.75, 3.05) is 38.1 Å². The lowest BCUT2D eigenvalue weighted by Crippen LogP contribution is -2.46. The van der Waals surface area contributed by atoms with Gasteiger partial charge in [0.2, 0.25) is 5.95 Å². The summed E-state index contributed by atoms with van der Waals surface area (Å²) in [5.74, 6) is -1.48. The summed E-state index contributed by atoms with van der Waals surface area (Å²) >= 11 is 0. The average Bonchev–Trinajstić information content (AvgIpc) is 3.24. The third kappa shape index (κ3) is 3.66. The zero-order chi connectivity index (χ0) is 23.3. The first-order valence-corrected chi connectivity index (χ1v) is 11.1. The van der Waals surface area contributed by atoms with Gasteiger partial charge in [-0.15, -0.1) is 0 Å². The molecule has 172 valence electrons. The summed E-state index contributed by atoms with van der Waals surface area (Å²) in [5, 5.41) is 3.29. The molecule has 3 aromatic rings. The maximum Gasteiger partial charge on any atom is 0.269 e. The Morgan fingerprint density at radius 1 is 1.18 bits per heavy atom. The van der Waals surface area contributed by atoms with Gasteiger partial charge >= 0.3 is 0 Å². The van der Waals surface area contributed by atoms with Crippen LogP contribution in [0.2, 0.25) is 0 Å². The first kappa shape index (κ1) is 21.5. The maximum absolute atomic E-state index is 15.4. The summed E-state index contributed by atoms with van der Waals surface area (Å²) < 4.78 is 29.9. The van der Waals surface area contributed by atoms with E-state index >= 15 is 4.39 Å². The van der Waals surface area contributed by atoms with Crippen LogP contribution in [-0.4, -0.2) is 54.0 Å². The van der Waals surface area contributed by atoms with Crippen LogP contribution in [0, 0.1) is 18.7 Å². The normalized spacial score (nSPS) is 15.9. The number of carbonyl (C=O) groups is 1. The number of nitrogens with zero attached hydrogens (tertiary/aromatic N) is 3. The van der Waals surface area contributed by atoms with Crippen LogP contribution < -0.4 is 15.8 Å². The van der Waals surface area contributed by atoms with E-state index < -0.39 is 11.9 Å². The van der Waals surface area contributed by atoms with Crippen LogP contribution in [0.4, 0.5) is 14.5 Å². The maximum atomic E-state index is 15.4. The van der Waals surface area contributed by atoms with Gasteiger partial charge in [-0.25, -0.2) is 9.37 Å². The molecule has 0 spiro atoms. The van der Waals surface area contributed by atoms with Crippen molar-refractivity contribution >= 4 is 22.5 Å². The number of piperazine rings is 1. The second kappa shape index (κ2) is 8.22. The SMILES string of the molecule is CNC(=O)c1ccc(N2CCN(Cc3cc4c5c(c(C)c(=O)[nH]c5c3F)CC4)CC2)c(F)n1. The van der Waals surface area contributed by atoms with E-state index in [1.165, 1.54) is 13.1 Å². The quantitative estimate of drug-likeness (QED) is 0.593. The first-order valence-electron chi connectivity index (χ1n) is 11.1. The van der Waals surface area contributed by atoms with Gasteiger partial charge in [-0.1, -0.05) is 6.07 Å². The van der Waals surface area contributed by atoms with Crippen LogP contribution in [0.5, 0.6) is 0 Å². The average molecular weight is 453 g/mol. The Bertz CT molecular complexity index is 1330. The first-order chi connectivity index (χ1) is 15.9. The molecule has 0 radical (unpaired) electrons. The minimum absolute atomic E-state index is 0.0359. The highest BCUT2D eigenvalue weighted by molar-refractivity contribution is 5.92. The summed E-state index contributed by atoms with van der Waals surface area (Å²) in [6, 6.07) is 5.01. The number of aryl methyl sites for hydroxylation is 2. The molecule has 0 saturated carbocycles. The number of benzene rings is 1. The Kier molecular flexibility index (Phi) is 5.36.